The van der Waals surface area contributed by atoms with Crippen molar-refractivity contribution in [2.45, 2.75) is 12.3 Å². The van der Waals surface area contributed by atoms with Crippen LogP contribution in [0.4, 0.5) is 14.5 Å². The first-order valence-electron chi connectivity index (χ1n) is 5.64. The summed E-state index contributed by atoms with van der Waals surface area (Å²) in [7, 11) is 0. The fraction of sp³-hybridized carbons (Fsp3) is 0.455. The number of nitrogens with zero attached hydrogens (tertiary/aromatic N) is 4. The van der Waals surface area contributed by atoms with Gasteiger partial charge >= 0.3 is 0 Å². The van der Waals surface area contributed by atoms with Crippen molar-refractivity contribution in [2.75, 3.05) is 18.0 Å². The zero-order chi connectivity index (χ0) is 12.5. The molecule has 0 amide bonds. The van der Waals surface area contributed by atoms with E-state index in [-0.39, 0.29) is 6.42 Å². The van der Waals surface area contributed by atoms with E-state index in [4.69, 9.17) is 11.6 Å². The van der Waals surface area contributed by atoms with Crippen LogP contribution in [0.1, 0.15) is 6.42 Å². The molecule has 4 rings (SSSR count). The van der Waals surface area contributed by atoms with Crippen LogP contribution in [0.5, 0.6) is 0 Å². The molecule has 3 heterocycles. The molecule has 0 N–H and O–H groups in total. The van der Waals surface area contributed by atoms with Gasteiger partial charge in [0.25, 0.3) is 5.92 Å². The molecule has 1 aliphatic carbocycles. The molecule has 2 aromatic rings. The number of anilines is 1. The first kappa shape index (κ1) is 10.5. The van der Waals surface area contributed by atoms with Gasteiger partial charge in [-0.2, -0.15) is 5.10 Å². The van der Waals surface area contributed by atoms with E-state index in [0.29, 0.717) is 23.9 Å². The average molecular weight is 271 g/mol. The monoisotopic (exact) mass is 270 g/mol. The molecule has 0 atom stereocenters. The highest BCUT2D eigenvalue weighted by atomic mass is 35.5. The molecule has 1 spiro atoms. The number of fused-ring (bicyclic) bond motifs is 1. The van der Waals surface area contributed by atoms with E-state index in [1.807, 2.05) is 4.90 Å². The Morgan fingerprint density at radius 1 is 1.33 bits per heavy atom. The fourth-order valence-corrected chi connectivity index (χ4v) is 2.87. The van der Waals surface area contributed by atoms with Crippen LogP contribution in [-0.2, 0) is 0 Å². The summed E-state index contributed by atoms with van der Waals surface area (Å²) in [6.07, 6.45) is 3.30. The van der Waals surface area contributed by atoms with Crippen molar-refractivity contribution < 1.29 is 8.78 Å². The van der Waals surface area contributed by atoms with Gasteiger partial charge in [-0.1, -0.05) is 11.6 Å². The molecular formula is C11H9ClF2N4. The van der Waals surface area contributed by atoms with Gasteiger partial charge in [0.1, 0.15) is 0 Å². The second-order valence-electron chi connectivity index (χ2n) is 5.07. The molecule has 4 nitrogen and oxygen atoms in total. The summed E-state index contributed by atoms with van der Waals surface area (Å²) >= 11 is 5.91. The maximum atomic E-state index is 13.2. The van der Waals surface area contributed by atoms with Crippen LogP contribution in [0, 0.1) is 5.41 Å². The molecular weight excluding hydrogens is 262 g/mol. The van der Waals surface area contributed by atoms with Crippen molar-refractivity contribution in [3.63, 3.8) is 0 Å². The fourth-order valence-electron chi connectivity index (χ4n) is 2.68. The molecule has 18 heavy (non-hydrogen) atoms. The number of alkyl halides is 2. The summed E-state index contributed by atoms with van der Waals surface area (Å²) in [5.41, 5.74) is 0.623. The second kappa shape index (κ2) is 2.93. The number of hydrogen-bond donors (Lipinski definition) is 0. The molecule has 0 radical (unpaired) electrons. The Kier molecular flexibility index (Phi) is 1.71. The SMILES string of the molecule is FC1(F)CC12CN(c1cc(Cl)nn3ccnc13)C2. The highest BCUT2D eigenvalue weighted by molar-refractivity contribution is 6.29. The smallest absolute Gasteiger partial charge is 0.258 e. The molecule has 2 aliphatic rings. The van der Waals surface area contributed by atoms with Gasteiger partial charge in [0, 0.05) is 38.0 Å². The van der Waals surface area contributed by atoms with Crippen LogP contribution in [0.25, 0.3) is 5.65 Å². The lowest BCUT2D eigenvalue weighted by Crippen LogP contribution is -2.51. The topological polar surface area (TPSA) is 33.4 Å². The van der Waals surface area contributed by atoms with Crippen molar-refractivity contribution in [2.24, 2.45) is 5.41 Å². The second-order valence-corrected chi connectivity index (χ2v) is 5.45. The van der Waals surface area contributed by atoms with Gasteiger partial charge in [-0.25, -0.2) is 18.3 Å². The third kappa shape index (κ3) is 1.19. The summed E-state index contributed by atoms with van der Waals surface area (Å²) in [4.78, 5) is 6.07. The van der Waals surface area contributed by atoms with Gasteiger partial charge in [-0.05, 0) is 0 Å². The normalized spacial score (nSPS) is 23.4. The minimum atomic E-state index is -2.49. The standard InChI is InChI=1S/C11H9ClF2N4/c12-8-3-7(9-15-1-2-18(9)16-8)17-5-10(6-17)4-11(10,13)14/h1-3H,4-6H2. The first-order chi connectivity index (χ1) is 8.51. The van der Waals surface area contributed by atoms with Crippen molar-refractivity contribution in [1.29, 1.82) is 0 Å². The van der Waals surface area contributed by atoms with Gasteiger partial charge in [0.15, 0.2) is 10.8 Å². The highest BCUT2D eigenvalue weighted by Gasteiger charge is 2.76. The number of rotatable bonds is 1. The summed E-state index contributed by atoms with van der Waals surface area (Å²) in [6, 6.07) is 1.68. The quantitative estimate of drug-likeness (QED) is 0.797. The molecule has 2 aromatic heterocycles. The molecule has 94 valence electrons. The number of hydrogen-bond acceptors (Lipinski definition) is 3. The van der Waals surface area contributed by atoms with Gasteiger partial charge in [-0.15, -0.1) is 0 Å². The molecule has 1 saturated carbocycles. The minimum absolute atomic E-state index is 0.0000416. The Morgan fingerprint density at radius 3 is 2.72 bits per heavy atom. The molecule has 7 heteroatoms. The van der Waals surface area contributed by atoms with Crippen LogP contribution in [0.15, 0.2) is 18.5 Å². The molecule has 1 aliphatic heterocycles. The number of aromatic nitrogens is 3. The van der Waals surface area contributed by atoms with Crippen molar-refractivity contribution in [3.8, 4) is 0 Å². The predicted molar refractivity (Wildman–Crippen MR) is 62.2 cm³/mol. The van der Waals surface area contributed by atoms with Gasteiger partial charge < -0.3 is 4.90 Å². The average Bonchev–Trinajstić information content (AvgIpc) is 2.64. The van der Waals surface area contributed by atoms with Gasteiger partial charge in [0.2, 0.25) is 0 Å². The Balaban J connectivity index is 1.70. The Morgan fingerprint density at radius 2 is 2.06 bits per heavy atom. The lowest BCUT2D eigenvalue weighted by Gasteiger charge is -2.41. The Labute approximate surface area is 106 Å². The molecule has 0 bridgehead atoms. The van der Waals surface area contributed by atoms with E-state index in [1.165, 1.54) is 0 Å². The van der Waals surface area contributed by atoms with E-state index < -0.39 is 11.3 Å². The Hall–Kier alpha value is -1.43. The summed E-state index contributed by atoms with van der Waals surface area (Å²) in [6.45, 7) is 0.728. The zero-order valence-electron chi connectivity index (χ0n) is 9.28. The highest BCUT2D eigenvalue weighted by Crippen LogP contribution is 2.65. The third-order valence-corrected chi connectivity index (χ3v) is 4.03. The predicted octanol–water partition coefficient (Wildman–Crippen LogP) is 2.23. The van der Waals surface area contributed by atoms with Gasteiger partial charge in [-0.3, -0.25) is 0 Å². The maximum absolute atomic E-state index is 13.2. The summed E-state index contributed by atoms with van der Waals surface area (Å²) in [5, 5.41) is 4.39. The molecule has 0 aromatic carbocycles. The van der Waals surface area contributed by atoms with Crippen molar-refractivity contribution in [3.05, 3.63) is 23.6 Å². The van der Waals surface area contributed by atoms with Crippen molar-refractivity contribution in [1.82, 2.24) is 14.6 Å². The van der Waals surface area contributed by atoms with E-state index in [1.54, 1.807) is 23.0 Å². The minimum Gasteiger partial charge on any atom is -0.367 e. The van der Waals surface area contributed by atoms with E-state index in [2.05, 4.69) is 10.1 Å². The van der Waals surface area contributed by atoms with E-state index in [9.17, 15) is 8.78 Å². The largest absolute Gasteiger partial charge is 0.367 e. The van der Waals surface area contributed by atoms with Gasteiger partial charge in [0.05, 0.1) is 11.1 Å². The van der Waals surface area contributed by atoms with E-state index >= 15 is 0 Å². The summed E-state index contributed by atoms with van der Waals surface area (Å²) in [5.74, 6) is -2.49. The third-order valence-electron chi connectivity index (χ3n) is 3.85. The van der Waals surface area contributed by atoms with Crippen molar-refractivity contribution >= 4 is 22.9 Å². The number of imidazole rings is 1. The lowest BCUT2D eigenvalue weighted by molar-refractivity contribution is 0.0520. The lowest BCUT2D eigenvalue weighted by atomic mass is 9.95. The number of halogens is 3. The van der Waals surface area contributed by atoms with Crippen LogP contribution < -0.4 is 4.90 Å². The molecule has 2 fully saturated rings. The first-order valence-corrected chi connectivity index (χ1v) is 6.01. The maximum Gasteiger partial charge on any atom is 0.258 e. The van der Waals surface area contributed by atoms with Crippen LogP contribution in [0.2, 0.25) is 5.15 Å². The Bertz CT molecular complexity index is 648. The van der Waals surface area contributed by atoms with Crippen LogP contribution in [0.3, 0.4) is 0 Å². The van der Waals surface area contributed by atoms with Crippen LogP contribution >= 0.6 is 11.6 Å². The van der Waals surface area contributed by atoms with Crippen LogP contribution in [-0.4, -0.2) is 33.6 Å². The molecule has 1 saturated heterocycles. The van der Waals surface area contributed by atoms with E-state index in [0.717, 1.165) is 5.69 Å². The zero-order valence-corrected chi connectivity index (χ0v) is 10.0. The molecule has 0 unspecified atom stereocenters. The summed E-state index contributed by atoms with van der Waals surface area (Å²) < 4.78 is 27.9.